The molecule has 1 saturated heterocycles. The minimum Gasteiger partial charge on any atom is -0.481 e. The Bertz CT molecular complexity index is 838. The molecule has 0 bridgehead atoms. The van der Waals surface area contributed by atoms with Crippen molar-refractivity contribution in [2.75, 3.05) is 5.75 Å². The van der Waals surface area contributed by atoms with E-state index in [1.807, 2.05) is 31.2 Å². The van der Waals surface area contributed by atoms with E-state index in [-0.39, 0.29) is 11.9 Å². The number of carbonyl (C=O) groups excluding carboxylic acids is 1. The fourth-order valence-electron chi connectivity index (χ4n) is 2.89. The normalized spacial score (nSPS) is 19.3. The highest BCUT2D eigenvalue weighted by atomic mass is 35.5. The van der Waals surface area contributed by atoms with Crippen molar-refractivity contribution < 1.29 is 9.53 Å². The standard InChI is InChI=1S/C21H23ClN2O2S/c1-4-17-13-27-21(23-19-8-6-5-7-14(19)2)24(17)20(25)15(3)26-18-11-9-16(22)10-12-18/h5-12,15,17H,4,13H2,1-3H3/t15-,17+/m0/s1. The lowest BCUT2D eigenvalue weighted by Gasteiger charge is -2.26. The molecule has 1 aliphatic rings. The molecular formula is C21H23ClN2O2S. The van der Waals surface area contributed by atoms with E-state index in [2.05, 4.69) is 6.92 Å². The molecule has 0 N–H and O–H groups in total. The van der Waals surface area contributed by atoms with Crippen molar-refractivity contribution in [1.82, 2.24) is 4.90 Å². The van der Waals surface area contributed by atoms with Gasteiger partial charge in [0.2, 0.25) is 0 Å². The number of amides is 1. The lowest BCUT2D eigenvalue weighted by Crippen LogP contribution is -2.45. The van der Waals surface area contributed by atoms with Crippen LogP contribution in [0.3, 0.4) is 0 Å². The van der Waals surface area contributed by atoms with E-state index in [1.54, 1.807) is 47.9 Å². The summed E-state index contributed by atoms with van der Waals surface area (Å²) in [7, 11) is 0. The van der Waals surface area contributed by atoms with Crippen molar-refractivity contribution in [1.29, 1.82) is 0 Å². The van der Waals surface area contributed by atoms with Crippen LogP contribution in [0.25, 0.3) is 0 Å². The molecule has 0 unspecified atom stereocenters. The van der Waals surface area contributed by atoms with Crippen molar-refractivity contribution in [3.8, 4) is 5.75 Å². The molecule has 2 atom stereocenters. The number of benzene rings is 2. The summed E-state index contributed by atoms with van der Waals surface area (Å²) in [6.07, 6.45) is 0.264. The number of amidine groups is 1. The first-order valence-electron chi connectivity index (χ1n) is 9.02. The first-order chi connectivity index (χ1) is 13.0. The number of ether oxygens (including phenoxy) is 1. The number of rotatable bonds is 5. The summed E-state index contributed by atoms with van der Waals surface area (Å²) in [6, 6.07) is 15.1. The molecule has 0 radical (unpaired) electrons. The largest absolute Gasteiger partial charge is 0.481 e. The van der Waals surface area contributed by atoms with Crippen LogP contribution in [-0.2, 0) is 4.79 Å². The van der Waals surface area contributed by atoms with E-state index < -0.39 is 6.10 Å². The summed E-state index contributed by atoms with van der Waals surface area (Å²) >= 11 is 7.53. The van der Waals surface area contributed by atoms with Gasteiger partial charge in [-0.2, -0.15) is 0 Å². The average Bonchev–Trinajstić information content (AvgIpc) is 3.07. The summed E-state index contributed by atoms with van der Waals surface area (Å²) in [6.45, 7) is 5.89. The average molecular weight is 403 g/mol. The second kappa shape index (κ2) is 8.81. The van der Waals surface area contributed by atoms with Crippen LogP contribution in [0.1, 0.15) is 25.8 Å². The van der Waals surface area contributed by atoms with Crippen LogP contribution in [0.5, 0.6) is 5.75 Å². The molecule has 2 aromatic rings. The van der Waals surface area contributed by atoms with Crippen molar-refractivity contribution in [3.05, 3.63) is 59.1 Å². The molecule has 27 heavy (non-hydrogen) atoms. The molecule has 0 aromatic heterocycles. The minimum absolute atomic E-state index is 0.0749. The molecule has 1 heterocycles. The Kier molecular flexibility index (Phi) is 6.45. The monoisotopic (exact) mass is 402 g/mol. The van der Waals surface area contributed by atoms with E-state index in [1.165, 1.54) is 0 Å². The summed E-state index contributed by atoms with van der Waals surface area (Å²) in [4.78, 5) is 19.7. The molecular weight excluding hydrogens is 380 g/mol. The van der Waals surface area contributed by atoms with Gasteiger partial charge in [-0.15, -0.1) is 0 Å². The maximum atomic E-state index is 13.2. The van der Waals surface area contributed by atoms with Gasteiger partial charge in [0.1, 0.15) is 5.75 Å². The predicted molar refractivity (Wildman–Crippen MR) is 113 cm³/mol. The number of hydrogen-bond donors (Lipinski definition) is 0. The van der Waals surface area contributed by atoms with Gasteiger partial charge >= 0.3 is 0 Å². The van der Waals surface area contributed by atoms with Crippen LogP contribution in [0.15, 0.2) is 53.5 Å². The molecule has 2 aromatic carbocycles. The smallest absolute Gasteiger partial charge is 0.269 e. The molecule has 1 aliphatic heterocycles. The topological polar surface area (TPSA) is 41.9 Å². The van der Waals surface area contributed by atoms with Crippen LogP contribution in [-0.4, -0.2) is 33.9 Å². The van der Waals surface area contributed by atoms with E-state index in [0.29, 0.717) is 10.8 Å². The zero-order chi connectivity index (χ0) is 19.4. The van der Waals surface area contributed by atoms with Gasteiger partial charge in [0.25, 0.3) is 5.91 Å². The van der Waals surface area contributed by atoms with Crippen LogP contribution in [0.2, 0.25) is 5.02 Å². The number of thioether (sulfide) groups is 1. The van der Waals surface area contributed by atoms with Crippen LogP contribution < -0.4 is 4.74 Å². The third-order valence-corrected chi connectivity index (χ3v) is 5.84. The predicted octanol–water partition coefficient (Wildman–Crippen LogP) is 5.46. The Morgan fingerprint density at radius 1 is 1.30 bits per heavy atom. The first-order valence-corrected chi connectivity index (χ1v) is 10.4. The number of carbonyl (C=O) groups is 1. The molecule has 0 spiro atoms. The second-order valence-corrected chi connectivity index (χ2v) is 7.90. The van der Waals surface area contributed by atoms with Gasteiger partial charge in [-0.25, -0.2) is 4.99 Å². The third kappa shape index (κ3) is 4.66. The second-order valence-electron chi connectivity index (χ2n) is 6.48. The Hall–Kier alpha value is -1.98. The van der Waals surface area contributed by atoms with Gasteiger partial charge in [0, 0.05) is 16.8 Å². The van der Waals surface area contributed by atoms with Gasteiger partial charge in [0.15, 0.2) is 11.3 Å². The summed E-state index contributed by atoms with van der Waals surface area (Å²) < 4.78 is 5.84. The highest BCUT2D eigenvalue weighted by molar-refractivity contribution is 8.14. The third-order valence-electron chi connectivity index (χ3n) is 4.49. The van der Waals surface area contributed by atoms with Crippen molar-refractivity contribution in [3.63, 3.8) is 0 Å². The van der Waals surface area contributed by atoms with E-state index in [4.69, 9.17) is 21.3 Å². The van der Waals surface area contributed by atoms with E-state index in [9.17, 15) is 4.79 Å². The number of hydrogen-bond acceptors (Lipinski definition) is 4. The Balaban J connectivity index is 1.82. The van der Waals surface area contributed by atoms with Gasteiger partial charge in [0.05, 0.1) is 5.69 Å². The number of aryl methyl sites for hydroxylation is 1. The first kappa shape index (κ1) is 19.8. The number of nitrogens with zero attached hydrogens (tertiary/aromatic N) is 2. The maximum Gasteiger partial charge on any atom is 0.269 e. The van der Waals surface area contributed by atoms with E-state index in [0.717, 1.165) is 28.6 Å². The quantitative estimate of drug-likeness (QED) is 0.667. The van der Waals surface area contributed by atoms with Crippen molar-refractivity contribution in [2.24, 2.45) is 4.99 Å². The molecule has 3 rings (SSSR count). The van der Waals surface area contributed by atoms with Crippen molar-refractivity contribution in [2.45, 2.75) is 39.3 Å². The fraction of sp³-hybridized carbons (Fsp3) is 0.333. The number of halogens is 1. The minimum atomic E-state index is -0.610. The van der Waals surface area contributed by atoms with Gasteiger partial charge < -0.3 is 4.74 Å². The fourth-order valence-corrected chi connectivity index (χ4v) is 4.28. The maximum absolute atomic E-state index is 13.2. The van der Waals surface area contributed by atoms with Crippen LogP contribution in [0, 0.1) is 6.92 Å². The lowest BCUT2D eigenvalue weighted by molar-refractivity contribution is -0.135. The molecule has 0 saturated carbocycles. The molecule has 142 valence electrons. The summed E-state index contributed by atoms with van der Waals surface area (Å²) in [5.41, 5.74) is 1.98. The number of aliphatic imine (C=N–C) groups is 1. The zero-order valence-corrected chi connectivity index (χ0v) is 17.3. The number of para-hydroxylation sites is 1. The Labute approximate surface area is 169 Å². The van der Waals surface area contributed by atoms with Gasteiger partial charge in [-0.05, 0) is 56.2 Å². The molecule has 1 fully saturated rings. The molecule has 4 nitrogen and oxygen atoms in total. The van der Waals surface area contributed by atoms with Gasteiger partial charge in [-0.3, -0.25) is 9.69 Å². The summed E-state index contributed by atoms with van der Waals surface area (Å²) in [5, 5.41) is 1.38. The Morgan fingerprint density at radius 3 is 2.67 bits per heavy atom. The lowest BCUT2D eigenvalue weighted by atomic mass is 10.2. The molecule has 0 aliphatic carbocycles. The highest BCUT2D eigenvalue weighted by Gasteiger charge is 2.37. The van der Waals surface area contributed by atoms with Gasteiger partial charge in [-0.1, -0.05) is 48.5 Å². The molecule has 6 heteroatoms. The highest BCUT2D eigenvalue weighted by Crippen LogP contribution is 2.31. The van der Waals surface area contributed by atoms with E-state index >= 15 is 0 Å². The van der Waals surface area contributed by atoms with Crippen LogP contribution in [0.4, 0.5) is 5.69 Å². The molecule has 1 amide bonds. The SMILES string of the molecule is CC[C@@H]1CSC(=Nc2ccccc2C)N1C(=O)[C@H](C)Oc1ccc(Cl)cc1. The Morgan fingerprint density at radius 2 is 2.00 bits per heavy atom. The van der Waals surface area contributed by atoms with Crippen LogP contribution >= 0.6 is 23.4 Å². The van der Waals surface area contributed by atoms with Crippen molar-refractivity contribution >= 4 is 40.1 Å². The summed E-state index contributed by atoms with van der Waals surface area (Å²) in [5.74, 6) is 1.40. The zero-order valence-electron chi connectivity index (χ0n) is 15.7.